The smallest absolute Gasteiger partial charge is 0.137 e. The molecule has 0 N–H and O–H groups in total. The summed E-state index contributed by atoms with van der Waals surface area (Å²) in [6, 6.07) is 6.29. The number of hydrogen-bond donors (Lipinski definition) is 0. The van der Waals surface area contributed by atoms with Gasteiger partial charge >= 0.3 is 0 Å². The third-order valence-corrected chi connectivity index (χ3v) is 3.90. The molecule has 0 saturated carbocycles. The molecule has 2 aromatic rings. The summed E-state index contributed by atoms with van der Waals surface area (Å²) in [7, 11) is 0. The van der Waals surface area contributed by atoms with Gasteiger partial charge < -0.3 is 0 Å². The summed E-state index contributed by atoms with van der Waals surface area (Å²) < 4.78 is 14.7. The van der Waals surface area contributed by atoms with Gasteiger partial charge in [-0.15, -0.1) is 0 Å². The van der Waals surface area contributed by atoms with Crippen LogP contribution in [-0.4, -0.2) is 9.78 Å². The van der Waals surface area contributed by atoms with E-state index in [4.69, 9.17) is 11.6 Å². The number of rotatable bonds is 1. The highest BCUT2D eigenvalue weighted by atomic mass is 35.5. The van der Waals surface area contributed by atoms with Crippen LogP contribution in [0, 0.1) is 5.82 Å². The molecular formula is C11H8ClFN2S. The van der Waals surface area contributed by atoms with Crippen molar-refractivity contribution in [2.24, 2.45) is 0 Å². The minimum Gasteiger partial charge on any atom is -0.221 e. The van der Waals surface area contributed by atoms with Crippen molar-refractivity contribution in [3.05, 3.63) is 46.5 Å². The van der Waals surface area contributed by atoms with Crippen molar-refractivity contribution in [2.45, 2.75) is 11.5 Å². The first-order valence-electron chi connectivity index (χ1n) is 4.85. The second-order valence-corrected chi connectivity index (χ2v) is 4.94. The first kappa shape index (κ1) is 10.2. The lowest BCUT2D eigenvalue weighted by atomic mass is 10.3. The average molecular weight is 255 g/mol. The molecular weight excluding hydrogens is 247 g/mol. The van der Waals surface area contributed by atoms with E-state index in [-0.39, 0.29) is 5.82 Å². The molecule has 1 aliphatic rings. The Morgan fingerprint density at radius 1 is 1.38 bits per heavy atom. The predicted molar refractivity (Wildman–Crippen MR) is 63.5 cm³/mol. The Morgan fingerprint density at radius 3 is 3.00 bits per heavy atom. The zero-order valence-corrected chi connectivity index (χ0v) is 9.85. The molecule has 1 aliphatic heterocycles. The molecule has 0 atom stereocenters. The number of aromatic nitrogens is 2. The highest BCUT2D eigenvalue weighted by Gasteiger charge is 2.21. The Balaban J connectivity index is 2.14. The molecule has 3 rings (SSSR count). The number of hydrogen-bond acceptors (Lipinski definition) is 2. The highest BCUT2D eigenvalue weighted by molar-refractivity contribution is 7.98. The van der Waals surface area contributed by atoms with Crippen molar-refractivity contribution in [2.75, 3.05) is 0 Å². The molecule has 0 unspecified atom stereocenters. The van der Waals surface area contributed by atoms with Crippen molar-refractivity contribution in [3.8, 4) is 5.69 Å². The molecule has 1 aromatic carbocycles. The van der Waals surface area contributed by atoms with Gasteiger partial charge in [-0.3, -0.25) is 0 Å². The van der Waals surface area contributed by atoms with Crippen LogP contribution in [0.15, 0.2) is 24.3 Å². The lowest BCUT2D eigenvalue weighted by Crippen LogP contribution is -1.98. The highest BCUT2D eigenvalue weighted by Crippen LogP contribution is 2.35. The Hall–Kier alpha value is -1.000. The Labute approximate surface area is 101 Å². The van der Waals surface area contributed by atoms with Crippen LogP contribution in [0.25, 0.3) is 5.69 Å². The molecule has 0 aliphatic carbocycles. The zero-order valence-electron chi connectivity index (χ0n) is 8.28. The summed E-state index contributed by atoms with van der Waals surface area (Å²) in [6.45, 7) is 0. The fourth-order valence-corrected chi connectivity index (χ4v) is 3.18. The number of nitrogens with zero attached hydrogens (tertiary/aromatic N) is 2. The van der Waals surface area contributed by atoms with E-state index in [2.05, 4.69) is 5.10 Å². The van der Waals surface area contributed by atoms with E-state index in [0.717, 1.165) is 22.8 Å². The number of thioether (sulfide) groups is 1. The van der Waals surface area contributed by atoms with Gasteiger partial charge in [0.1, 0.15) is 11.0 Å². The van der Waals surface area contributed by atoms with Crippen molar-refractivity contribution in [1.29, 1.82) is 0 Å². The quantitative estimate of drug-likeness (QED) is 0.776. The minimum absolute atomic E-state index is 0.279. The summed E-state index contributed by atoms with van der Waals surface area (Å²) in [6.07, 6.45) is 0. The molecule has 0 spiro atoms. The van der Waals surface area contributed by atoms with Crippen LogP contribution < -0.4 is 0 Å². The van der Waals surface area contributed by atoms with Gasteiger partial charge in [0.15, 0.2) is 0 Å². The van der Waals surface area contributed by atoms with E-state index >= 15 is 0 Å². The fourth-order valence-electron chi connectivity index (χ4n) is 1.76. The second-order valence-electron chi connectivity index (χ2n) is 3.60. The van der Waals surface area contributed by atoms with E-state index in [1.165, 1.54) is 12.1 Å². The van der Waals surface area contributed by atoms with Gasteiger partial charge in [-0.25, -0.2) is 9.07 Å². The predicted octanol–water partition coefficient (Wildman–Crippen LogP) is 3.41. The van der Waals surface area contributed by atoms with Gasteiger partial charge in [-0.05, 0) is 18.2 Å². The summed E-state index contributed by atoms with van der Waals surface area (Å²) in [4.78, 5) is 0. The van der Waals surface area contributed by atoms with Crippen LogP contribution in [0.3, 0.4) is 0 Å². The summed E-state index contributed by atoms with van der Waals surface area (Å²) in [5.41, 5.74) is 2.76. The van der Waals surface area contributed by atoms with Gasteiger partial charge in [-0.2, -0.15) is 16.9 Å². The SMILES string of the molecule is Fc1cccc(-n2nc3c(c2Cl)CSC3)c1. The van der Waals surface area contributed by atoms with Crippen molar-refractivity contribution < 1.29 is 4.39 Å². The lowest BCUT2D eigenvalue weighted by molar-refractivity contribution is 0.625. The van der Waals surface area contributed by atoms with Crippen LogP contribution in [0.4, 0.5) is 4.39 Å². The molecule has 0 bridgehead atoms. The fraction of sp³-hybridized carbons (Fsp3) is 0.182. The van der Waals surface area contributed by atoms with Crippen LogP contribution in [0.1, 0.15) is 11.3 Å². The van der Waals surface area contributed by atoms with Gasteiger partial charge in [0, 0.05) is 17.1 Å². The molecule has 5 heteroatoms. The Kier molecular flexibility index (Phi) is 2.41. The molecule has 0 fully saturated rings. The van der Waals surface area contributed by atoms with E-state index in [0.29, 0.717) is 10.8 Å². The van der Waals surface area contributed by atoms with Crippen molar-refractivity contribution >= 4 is 23.4 Å². The normalized spacial score (nSPS) is 14.1. The molecule has 1 aromatic heterocycles. The second kappa shape index (κ2) is 3.79. The Morgan fingerprint density at radius 2 is 2.25 bits per heavy atom. The molecule has 0 amide bonds. The van der Waals surface area contributed by atoms with Gasteiger partial charge in [-0.1, -0.05) is 17.7 Å². The van der Waals surface area contributed by atoms with Gasteiger partial charge in [0.25, 0.3) is 0 Å². The van der Waals surface area contributed by atoms with Gasteiger partial charge in [0.05, 0.1) is 11.4 Å². The maximum absolute atomic E-state index is 13.1. The van der Waals surface area contributed by atoms with E-state index in [1.54, 1.807) is 28.6 Å². The maximum atomic E-state index is 13.1. The average Bonchev–Trinajstić information content (AvgIpc) is 2.82. The molecule has 2 nitrogen and oxygen atoms in total. The van der Waals surface area contributed by atoms with Crippen LogP contribution in [0.5, 0.6) is 0 Å². The lowest BCUT2D eigenvalue weighted by Gasteiger charge is -2.03. The van der Waals surface area contributed by atoms with Crippen molar-refractivity contribution in [1.82, 2.24) is 9.78 Å². The molecule has 0 saturated heterocycles. The monoisotopic (exact) mass is 254 g/mol. The third kappa shape index (κ3) is 1.53. The molecule has 16 heavy (non-hydrogen) atoms. The first-order valence-corrected chi connectivity index (χ1v) is 6.39. The minimum atomic E-state index is -0.279. The molecule has 0 radical (unpaired) electrons. The number of fused-ring (bicyclic) bond motifs is 1. The maximum Gasteiger partial charge on any atom is 0.137 e. The Bertz CT molecular complexity index is 553. The molecule has 2 heterocycles. The number of benzene rings is 1. The molecule has 82 valence electrons. The summed E-state index contributed by atoms with van der Waals surface area (Å²) in [5, 5.41) is 5.00. The summed E-state index contributed by atoms with van der Waals surface area (Å²) >= 11 is 8.02. The van der Waals surface area contributed by atoms with Crippen LogP contribution >= 0.6 is 23.4 Å². The first-order chi connectivity index (χ1) is 7.75. The van der Waals surface area contributed by atoms with Gasteiger partial charge in [0.2, 0.25) is 0 Å². The number of halogens is 2. The van der Waals surface area contributed by atoms with Crippen LogP contribution in [-0.2, 0) is 11.5 Å². The topological polar surface area (TPSA) is 17.8 Å². The third-order valence-electron chi connectivity index (χ3n) is 2.54. The van der Waals surface area contributed by atoms with Crippen molar-refractivity contribution in [3.63, 3.8) is 0 Å². The van der Waals surface area contributed by atoms with E-state index < -0.39 is 0 Å². The standard InChI is InChI=1S/C11H8ClFN2S/c12-11-9-5-16-6-10(9)14-15(11)8-3-1-2-7(13)4-8/h1-4H,5-6H2. The van der Waals surface area contributed by atoms with E-state index in [1.807, 2.05) is 0 Å². The largest absolute Gasteiger partial charge is 0.221 e. The van der Waals surface area contributed by atoms with E-state index in [9.17, 15) is 4.39 Å². The van der Waals surface area contributed by atoms with Crippen LogP contribution in [0.2, 0.25) is 5.15 Å². The zero-order chi connectivity index (χ0) is 11.1. The summed E-state index contributed by atoms with van der Waals surface area (Å²) in [5.74, 6) is 1.50.